The zero-order chi connectivity index (χ0) is 23.8. The maximum atomic E-state index is 12.8. The fraction of sp³-hybridized carbons (Fsp3) is 0.391. The number of aryl methyl sites for hydroxylation is 1. The number of nitrogens with one attached hydrogen (secondary N) is 2. The molecule has 2 aromatic rings. The summed E-state index contributed by atoms with van der Waals surface area (Å²) in [4.78, 5) is 26.7. The number of benzene rings is 2. The maximum Gasteiger partial charge on any atom is 0.243 e. The minimum Gasteiger partial charge on any atom is -0.325 e. The van der Waals surface area contributed by atoms with Gasteiger partial charge < -0.3 is 15.5 Å². The van der Waals surface area contributed by atoms with Gasteiger partial charge in [0.25, 0.3) is 0 Å². The lowest BCUT2D eigenvalue weighted by Crippen LogP contribution is -2.48. The Hall–Kier alpha value is -2.40. The second kappa shape index (κ2) is 11.6. The third-order valence-electron chi connectivity index (χ3n) is 5.32. The fourth-order valence-corrected chi connectivity index (χ4v) is 5.54. The summed E-state index contributed by atoms with van der Waals surface area (Å²) in [7, 11) is -3.55. The molecule has 1 aliphatic heterocycles. The standard InChI is InChI=1S/C23H30N4O4S2/c1-3-26-11-13-27(14-12-26)33(30,31)21-9-7-19(8-10-21)24-22(28)16-32-17-23(29)25-20-6-4-5-18(2)15-20/h4-10,15H,3,11-14,16-17H2,1-2H3,(H,24,28)(H,25,29). The molecule has 3 rings (SSSR count). The number of thioether (sulfide) groups is 1. The van der Waals surface area contributed by atoms with Crippen LogP contribution in [-0.2, 0) is 19.6 Å². The van der Waals surface area contributed by atoms with Crippen LogP contribution in [0.1, 0.15) is 12.5 Å². The van der Waals surface area contributed by atoms with Crippen LogP contribution in [0.15, 0.2) is 53.4 Å². The highest BCUT2D eigenvalue weighted by atomic mass is 32.2. The van der Waals surface area contributed by atoms with Gasteiger partial charge in [0.05, 0.1) is 16.4 Å². The average molecular weight is 491 g/mol. The highest BCUT2D eigenvalue weighted by Gasteiger charge is 2.27. The minimum absolute atomic E-state index is 0.114. The first-order valence-corrected chi connectivity index (χ1v) is 13.4. The van der Waals surface area contributed by atoms with E-state index in [1.807, 2.05) is 31.2 Å². The highest BCUT2D eigenvalue weighted by molar-refractivity contribution is 8.00. The van der Waals surface area contributed by atoms with Gasteiger partial charge in [0.2, 0.25) is 21.8 Å². The molecular weight excluding hydrogens is 460 g/mol. The number of likely N-dealkylation sites (N-methyl/N-ethyl adjacent to an activating group) is 1. The van der Waals surface area contributed by atoms with Crippen LogP contribution < -0.4 is 10.6 Å². The number of nitrogens with zero attached hydrogens (tertiary/aromatic N) is 2. The maximum absolute atomic E-state index is 12.8. The van der Waals surface area contributed by atoms with E-state index < -0.39 is 10.0 Å². The van der Waals surface area contributed by atoms with Crippen LogP contribution in [0.2, 0.25) is 0 Å². The van der Waals surface area contributed by atoms with E-state index in [2.05, 4.69) is 22.5 Å². The van der Waals surface area contributed by atoms with E-state index in [9.17, 15) is 18.0 Å². The van der Waals surface area contributed by atoms with Gasteiger partial charge in [-0.15, -0.1) is 11.8 Å². The van der Waals surface area contributed by atoms with Crippen molar-refractivity contribution >= 4 is 45.0 Å². The molecule has 33 heavy (non-hydrogen) atoms. The van der Waals surface area contributed by atoms with Gasteiger partial charge in [0.15, 0.2) is 0 Å². The molecule has 0 aliphatic carbocycles. The molecule has 0 unspecified atom stereocenters. The third kappa shape index (κ3) is 7.29. The molecule has 1 aliphatic rings. The van der Waals surface area contributed by atoms with Gasteiger partial charge in [-0.05, 0) is 55.4 Å². The van der Waals surface area contributed by atoms with Gasteiger partial charge in [-0.25, -0.2) is 8.42 Å². The number of rotatable bonds is 9. The first-order valence-electron chi connectivity index (χ1n) is 10.8. The van der Waals surface area contributed by atoms with Gasteiger partial charge in [0.1, 0.15) is 0 Å². The third-order valence-corrected chi connectivity index (χ3v) is 8.17. The molecule has 1 heterocycles. The van der Waals surface area contributed by atoms with Crippen molar-refractivity contribution in [3.8, 4) is 0 Å². The second-order valence-corrected chi connectivity index (χ2v) is 10.7. The molecule has 0 spiro atoms. The highest BCUT2D eigenvalue weighted by Crippen LogP contribution is 2.20. The number of hydrogen-bond acceptors (Lipinski definition) is 6. The summed E-state index contributed by atoms with van der Waals surface area (Å²) in [6, 6.07) is 13.7. The van der Waals surface area contributed by atoms with E-state index in [0.717, 1.165) is 30.9 Å². The number of carbonyl (C=O) groups is 2. The molecule has 2 amide bonds. The van der Waals surface area contributed by atoms with Crippen LogP contribution >= 0.6 is 11.8 Å². The SMILES string of the molecule is CCN1CCN(S(=O)(=O)c2ccc(NC(=O)CSCC(=O)Nc3cccc(C)c3)cc2)CC1. The quantitative estimate of drug-likeness (QED) is 0.561. The Labute approximate surface area is 199 Å². The predicted octanol–water partition coefficient (Wildman–Crippen LogP) is 2.63. The second-order valence-electron chi connectivity index (χ2n) is 7.82. The molecular formula is C23H30N4O4S2. The zero-order valence-electron chi connectivity index (χ0n) is 18.9. The van der Waals surface area contributed by atoms with Crippen molar-refractivity contribution in [1.29, 1.82) is 0 Å². The monoisotopic (exact) mass is 490 g/mol. The Kier molecular flexibility index (Phi) is 8.90. The summed E-state index contributed by atoms with van der Waals surface area (Å²) in [5.74, 6) is -0.158. The molecule has 2 N–H and O–H groups in total. The Morgan fingerprint density at radius 1 is 0.909 bits per heavy atom. The smallest absolute Gasteiger partial charge is 0.243 e. The van der Waals surface area contributed by atoms with Crippen LogP contribution in [0.3, 0.4) is 0 Å². The van der Waals surface area contributed by atoms with E-state index in [1.54, 1.807) is 12.1 Å². The van der Waals surface area contributed by atoms with E-state index in [1.165, 1.54) is 28.2 Å². The van der Waals surface area contributed by atoms with Crippen molar-refractivity contribution in [2.24, 2.45) is 0 Å². The van der Waals surface area contributed by atoms with E-state index in [0.29, 0.717) is 18.8 Å². The molecule has 10 heteroatoms. The number of anilines is 2. The topological polar surface area (TPSA) is 98.8 Å². The van der Waals surface area contributed by atoms with Gasteiger partial charge in [-0.2, -0.15) is 4.31 Å². The largest absolute Gasteiger partial charge is 0.325 e. The Balaban J connectivity index is 1.44. The van der Waals surface area contributed by atoms with Gasteiger partial charge in [-0.3, -0.25) is 9.59 Å². The number of sulfonamides is 1. The molecule has 0 saturated carbocycles. The molecule has 0 radical (unpaired) electrons. The summed E-state index contributed by atoms with van der Waals surface area (Å²) in [5.41, 5.74) is 2.30. The van der Waals surface area contributed by atoms with E-state index >= 15 is 0 Å². The van der Waals surface area contributed by atoms with Gasteiger partial charge >= 0.3 is 0 Å². The van der Waals surface area contributed by atoms with Crippen molar-refractivity contribution in [2.75, 3.05) is 54.9 Å². The summed E-state index contributed by atoms with van der Waals surface area (Å²) in [6.45, 7) is 7.33. The molecule has 2 aromatic carbocycles. The van der Waals surface area contributed by atoms with Crippen molar-refractivity contribution in [2.45, 2.75) is 18.7 Å². The number of amides is 2. The normalized spacial score (nSPS) is 15.2. The summed E-state index contributed by atoms with van der Waals surface area (Å²) < 4.78 is 27.2. The Bertz CT molecular complexity index is 1070. The minimum atomic E-state index is -3.55. The van der Waals surface area contributed by atoms with Crippen LogP contribution in [0.5, 0.6) is 0 Å². The van der Waals surface area contributed by atoms with Crippen molar-refractivity contribution in [3.63, 3.8) is 0 Å². The van der Waals surface area contributed by atoms with Crippen LogP contribution in [0.4, 0.5) is 11.4 Å². The van der Waals surface area contributed by atoms with Gasteiger partial charge in [0, 0.05) is 37.6 Å². The van der Waals surface area contributed by atoms with Crippen LogP contribution in [0, 0.1) is 6.92 Å². The Morgan fingerprint density at radius 2 is 1.52 bits per heavy atom. The average Bonchev–Trinajstić information content (AvgIpc) is 2.79. The summed E-state index contributed by atoms with van der Waals surface area (Å²) in [6.07, 6.45) is 0. The number of piperazine rings is 1. The van der Waals surface area contributed by atoms with Crippen LogP contribution in [0.25, 0.3) is 0 Å². The zero-order valence-corrected chi connectivity index (χ0v) is 20.5. The lowest BCUT2D eigenvalue weighted by molar-refractivity contribution is -0.114. The summed E-state index contributed by atoms with van der Waals surface area (Å²) >= 11 is 1.21. The molecule has 8 nitrogen and oxygen atoms in total. The Morgan fingerprint density at radius 3 is 2.09 bits per heavy atom. The first kappa shape index (κ1) is 25.2. The predicted molar refractivity (Wildman–Crippen MR) is 133 cm³/mol. The molecule has 1 fully saturated rings. The lowest BCUT2D eigenvalue weighted by atomic mass is 10.2. The fourth-order valence-electron chi connectivity index (χ4n) is 3.50. The molecule has 1 saturated heterocycles. The number of hydrogen-bond donors (Lipinski definition) is 2. The van der Waals surface area contributed by atoms with Crippen LogP contribution in [-0.4, -0.2) is 73.7 Å². The number of carbonyl (C=O) groups excluding carboxylic acids is 2. The van der Waals surface area contributed by atoms with E-state index in [-0.39, 0.29) is 28.2 Å². The van der Waals surface area contributed by atoms with Gasteiger partial charge in [-0.1, -0.05) is 19.1 Å². The first-order chi connectivity index (χ1) is 15.8. The molecule has 0 bridgehead atoms. The molecule has 0 atom stereocenters. The van der Waals surface area contributed by atoms with Crippen molar-refractivity contribution in [1.82, 2.24) is 9.21 Å². The van der Waals surface area contributed by atoms with Crippen molar-refractivity contribution < 1.29 is 18.0 Å². The van der Waals surface area contributed by atoms with Crippen molar-refractivity contribution in [3.05, 3.63) is 54.1 Å². The summed E-state index contributed by atoms with van der Waals surface area (Å²) in [5, 5.41) is 5.54. The molecule has 178 valence electrons. The lowest BCUT2D eigenvalue weighted by Gasteiger charge is -2.33. The molecule has 0 aromatic heterocycles. The van der Waals surface area contributed by atoms with E-state index in [4.69, 9.17) is 0 Å².